The summed E-state index contributed by atoms with van der Waals surface area (Å²) in [6, 6.07) is 14.5. The lowest BCUT2D eigenvalue weighted by molar-refractivity contribution is -0.0263. The number of benzene rings is 2. The van der Waals surface area contributed by atoms with Crippen molar-refractivity contribution in [1.29, 1.82) is 0 Å². The van der Waals surface area contributed by atoms with Crippen molar-refractivity contribution >= 4 is 11.4 Å². The van der Waals surface area contributed by atoms with Gasteiger partial charge in [0.1, 0.15) is 0 Å². The zero-order valence-electron chi connectivity index (χ0n) is 27.4. The summed E-state index contributed by atoms with van der Waals surface area (Å²) in [5, 5.41) is 0. The van der Waals surface area contributed by atoms with Gasteiger partial charge >= 0.3 is 0 Å². The lowest BCUT2D eigenvalue weighted by Crippen LogP contribution is -2.47. The van der Waals surface area contributed by atoms with Gasteiger partial charge < -0.3 is 19.3 Å². The molecule has 0 bridgehead atoms. The minimum Gasteiger partial charge on any atom is -0.501 e. The quantitative estimate of drug-likeness (QED) is 0.333. The van der Waals surface area contributed by atoms with E-state index >= 15 is 0 Å². The molecule has 2 aromatic carbocycles. The Bertz CT molecular complexity index is 1370. The maximum atomic E-state index is 7.49. The van der Waals surface area contributed by atoms with Crippen LogP contribution in [-0.2, 0) is 14.9 Å². The molecule has 1 aliphatic heterocycles. The molecule has 1 heterocycles. The summed E-state index contributed by atoms with van der Waals surface area (Å²) in [5.41, 5.74) is 8.67. The minimum atomic E-state index is -0.295. The number of hydrogen-bond donors (Lipinski definition) is 0. The summed E-state index contributed by atoms with van der Waals surface area (Å²) in [4.78, 5) is 7.12. The van der Waals surface area contributed by atoms with Gasteiger partial charge in [-0.3, -0.25) is 4.90 Å². The smallest absolute Gasteiger partial charge is 0.157 e. The van der Waals surface area contributed by atoms with Crippen molar-refractivity contribution in [3.63, 3.8) is 0 Å². The van der Waals surface area contributed by atoms with Gasteiger partial charge in [-0.15, -0.1) is 0 Å². The van der Waals surface area contributed by atoms with Crippen molar-refractivity contribution in [2.75, 3.05) is 45.1 Å². The Hall–Kier alpha value is -3.02. The molecule has 5 nitrogen and oxygen atoms in total. The predicted molar refractivity (Wildman–Crippen MR) is 176 cm³/mol. The van der Waals surface area contributed by atoms with Crippen LogP contribution >= 0.6 is 0 Å². The number of aryl methyl sites for hydroxylation is 1. The van der Waals surface area contributed by atoms with Crippen LogP contribution in [0.3, 0.4) is 0 Å². The molecule has 42 heavy (non-hydrogen) atoms. The van der Waals surface area contributed by atoms with E-state index in [0.717, 1.165) is 25.0 Å². The van der Waals surface area contributed by atoms with Crippen molar-refractivity contribution in [2.45, 2.75) is 83.7 Å². The highest BCUT2D eigenvalue weighted by molar-refractivity contribution is 5.74. The Morgan fingerprint density at radius 3 is 2.31 bits per heavy atom. The highest BCUT2D eigenvalue weighted by atomic mass is 16.5. The van der Waals surface area contributed by atoms with Crippen LogP contribution in [0.4, 0.5) is 11.4 Å². The van der Waals surface area contributed by atoms with Crippen molar-refractivity contribution in [3.05, 3.63) is 94.3 Å². The zero-order valence-corrected chi connectivity index (χ0v) is 27.4. The lowest BCUT2D eigenvalue weighted by Gasteiger charge is -2.45. The fourth-order valence-corrected chi connectivity index (χ4v) is 7.41. The van der Waals surface area contributed by atoms with Crippen molar-refractivity contribution in [2.24, 2.45) is 5.92 Å². The first-order valence-electron chi connectivity index (χ1n) is 15.6. The second-order valence-electron chi connectivity index (χ2n) is 13.3. The molecule has 5 rings (SSSR count). The van der Waals surface area contributed by atoms with Gasteiger partial charge in [-0.05, 0) is 82.8 Å². The third kappa shape index (κ3) is 5.31. The van der Waals surface area contributed by atoms with E-state index < -0.39 is 0 Å². The Morgan fingerprint density at radius 1 is 1.02 bits per heavy atom. The number of rotatable bonds is 6. The first kappa shape index (κ1) is 30.4. The summed E-state index contributed by atoms with van der Waals surface area (Å²) in [6.07, 6.45) is 12.1. The summed E-state index contributed by atoms with van der Waals surface area (Å²) < 4.78 is 13.2. The van der Waals surface area contributed by atoms with Gasteiger partial charge in [0.05, 0.1) is 19.0 Å². The third-order valence-electron chi connectivity index (χ3n) is 10.1. The van der Waals surface area contributed by atoms with Crippen LogP contribution in [0, 0.1) is 19.8 Å². The molecular formula is C37H51N3O2. The largest absolute Gasteiger partial charge is 0.501 e. The molecule has 0 N–H and O–H groups in total. The third-order valence-corrected chi connectivity index (χ3v) is 10.1. The van der Waals surface area contributed by atoms with Gasteiger partial charge in [0.25, 0.3) is 0 Å². The van der Waals surface area contributed by atoms with Crippen LogP contribution in [0.15, 0.2) is 72.0 Å². The Morgan fingerprint density at radius 2 is 1.74 bits per heavy atom. The molecule has 2 aromatic rings. The van der Waals surface area contributed by atoms with Crippen LogP contribution in [0.2, 0.25) is 0 Å². The number of nitrogens with zero attached hydrogens (tertiary/aromatic N) is 3. The molecule has 5 unspecified atom stereocenters. The number of likely N-dealkylation sites (N-methyl/N-ethyl adjacent to an activating group) is 1. The number of anilines is 2. The maximum Gasteiger partial charge on any atom is 0.157 e. The molecule has 0 saturated carbocycles. The van der Waals surface area contributed by atoms with E-state index in [4.69, 9.17) is 9.47 Å². The van der Waals surface area contributed by atoms with Crippen LogP contribution in [0.5, 0.6) is 0 Å². The van der Waals surface area contributed by atoms with Crippen LogP contribution in [-0.4, -0.2) is 58.4 Å². The zero-order chi connectivity index (χ0) is 30.3. The molecule has 0 saturated heterocycles. The molecule has 0 aromatic heterocycles. The molecule has 0 amide bonds. The Balaban J connectivity index is 1.77. The SMILES string of the molecule is COC1=CC=C(C2OC(c3ccc(C)cc3)N(C)c3c(ccc(N(C)C)c3C)C23C=CC(N(C)C(C)C)CC3)CC1C. The molecule has 3 aliphatic rings. The lowest BCUT2D eigenvalue weighted by atomic mass is 9.64. The van der Waals surface area contributed by atoms with Crippen LogP contribution in [0.25, 0.3) is 0 Å². The molecule has 5 atom stereocenters. The summed E-state index contributed by atoms with van der Waals surface area (Å²) in [7, 11) is 10.5. The van der Waals surface area contributed by atoms with E-state index in [2.05, 4.69) is 138 Å². The molecular weight excluding hydrogens is 518 g/mol. The van der Waals surface area contributed by atoms with E-state index in [1.165, 1.54) is 39.2 Å². The van der Waals surface area contributed by atoms with Gasteiger partial charge in [0, 0.05) is 61.5 Å². The first-order valence-corrected chi connectivity index (χ1v) is 15.6. The van der Waals surface area contributed by atoms with Crippen molar-refractivity contribution in [3.8, 4) is 0 Å². The normalized spacial score (nSPS) is 27.6. The molecule has 0 fully saturated rings. The monoisotopic (exact) mass is 569 g/mol. The van der Waals surface area contributed by atoms with E-state index in [0.29, 0.717) is 18.0 Å². The maximum absolute atomic E-state index is 7.49. The predicted octanol–water partition coefficient (Wildman–Crippen LogP) is 7.70. The van der Waals surface area contributed by atoms with E-state index in [9.17, 15) is 0 Å². The van der Waals surface area contributed by atoms with E-state index in [1.54, 1.807) is 7.11 Å². The minimum absolute atomic E-state index is 0.115. The standard InChI is InChI=1S/C37H51N3O2/c1-24(2)39(8)30-19-21-37(22-20-30)31-16-17-32(38(6)7)27(5)34(31)40(9)36(28-13-11-25(3)12-14-28)42-35(37)29-15-18-33(41-10)26(4)23-29/h11-19,21,24,26,30,35-36H,20,22-23H2,1-10H3. The highest BCUT2D eigenvalue weighted by Crippen LogP contribution is 2.54. The number of ether oxygens (including phenoxy) is 2. The summed E-state index contributed by atoms with van der Waals surface area (Å²) in [5.74, 6) is 1.34. The average molecular weight is 570 g/mol. The van der Waals surface area contributed by atoms with Gasteiger partial charge in [0.15, 0.2) is 6.23 Å². The van der Waals surface area contributed by atoms with Crippen molar-refractivity contribution < 1.29 is 9.47 Å². The fraction of sp³-hybridized carbons (Fsp3) is 0.514. The topological polar surface area (TPSA) is 28.2 Å². The Kier molecular flexibility index (Phi) is 8.65. The van der Waals surface area contributed by atoms with Crippen molar-refractivity contribution in [1.82, 2.24) is 4.90 Å². The molecule has 5 heteroatoms. The molecule has 1 spiro atoms. The second-order valence-corrected chi connectivity index (χ2v) is 13.3. The second kappa shape index (κ2) is 11.9. The number of allylic oxidation sites excluding steroid dienone is 3. The number of methoxy groups -OCH3 is 1. The summed E-state index contributed by atoms with van der Waals surface area (Å²) >= 11 is 0. The van der Waals surface area contributed by atoms with E-state index in [1.807, 2.05) is 0 Å². The summed E-state index contributed by atoms with van der Waals surface area (Å²) in [6.45, 7) is 11.3. The highest BCUT2D eigenvalue weighted by Gasteiger charge is 2.50. The van der Waals surface area contributed by atoms with Gasteiger partial charge in [0.2, 0.25) is 0 Å². The average Bonchev–Trinajstić information content (AvgIpc) is 3.07. The van der Waals surface area contributed by atoms with Gasteiger partial charge in [-0.25, -0.2) is 0 Å². The van der Waals surface area contributed by atoms with Gasteiger partial charge in [-0.2, -0.15) is 0 Å². The van der Waals surface area contributed by atoms with E-state index in [-0.39, 0.29) is 17.7 Å². The van der Waals surface area contributed by atoms with Gasteiger partial charge in [-0.1, -0.05) is 61.0 Å². The first-order chi connectivity index (χ1) is 20.0. The fourth-order valence-electron chi connectivity index (χ4n) is 7.41. The Labute approximate surface area is 254 Å². The van der Waals surface area contributed by atoms with Crippen LogP contribution < -0.4 is 9.80 Å². The van der Waals surface area contributed by atoms with Crippen LogP contribution in [0.1, 0.15) is 68.5 Å². The molecule has 2 aliphatic carbocycles. The number of fused-ring (bicyclic) bond motifs is 2. The molecule has 226 valence electrons. The molecule has 0 radical (unpaired) electrons. The number of hydrogen-bond acceptors (Lipinski definition) is 5.